The summed E-state index contributed by atoms with van der Waals surface area (Å²) in [6.45, 7) is 4.03. The van der Waals surface area contributed by atoms with Gasteiger partial charge in [0.05, 0.1) is 5.41 Å². The summed E-state index contributed by atoms with van der Waals surface area (Å²) in [5.74, 6) is -0.799. The van der Waals surface area contributed by atoms with Gasteiger partial charge in [0.15, 0.2) is 0 Å². The standard InChI is InChI=1S/C14H18ClFN2O2/c1-14(2,9-15)13(20)18-7-6-17-12(19)10-4-3-5-11(16)8-10/h3-5,8H,6-7,9H2,1-2H3,(H,17,19)(H,18,20). The molecule has 2 N–H and O–H groups in total. The van der Waals surface area contributed by atoms with Gasteiger partial charge in [-0.1, -0.05) is 6.07 Å². The summed E-state index contributed by atoms with van der Waals surface area (Å²) in [4.78, 5) is 23.4. The number of carbonyl (C=O) groups is 2. The van der Waals surface area contributed by atoms with Crippen molar-refractivity contribution in [2.45, 2.75) is 13.8 Å². The summed E-state index contributed by atoms with van der Waals surface area (Å²) >= 11 is 5.68. The Kier molecular flexibility index (Phi) is 5.95. The third-order valence-electron chi connectivity index (χ3n) is 2.73. The molecule has 110 valence electrons. The van der Waals surface area contributed by atoms with Crippen molar-refractivity contribution >= 4 is 23.4 Å². The quantitative estimate of drug-likeness (QED) is 0.623. The number of hydrogen-bond donors (Lipinski definition) is 2. The molecular formula is C14H18ClFN2O2. The van der Waals surface area contributed by atoms with Gasteiger partial charge >= 0.3 is 0 Å². The van der Waals surface area contributed by atoms with Crippen molar-refractivity contribution in [3.05, 3.63) is 35.6 Å². The number of hydrogen-bond acceptors (Lipinski definition) is 2. The lowest BCUT2D eigenvalue weighted by Crippen LogP contribution is -2.41. The van der Waals surface area contributed by atoms with Crippen LogP contribution < -0.4 is 10.6 Å². The lowest BCUT2D eigenvalue weighted by molar-refractivity contribution is -0.128. The van der Waals surface area contributed by atoms with Gasteiger partial charge in [-0.05, 0) is 32.0 Å². The van der Waals surface area contributed by atoms with Crippen molar-refractivity contribution in [1.82, 2.24) is 10.6 Å². The maximum Gasteiger partial charge on any atom is 0.251 e. The summed E-state index contributed by atoms with van der Waals surface area (Å²) in [5, 5.41) is 5.28. The highest BCUT2D eigenvalue weighted by Gasteiger charge is 2.25. The number of halogens is 2. The first-order chi connectivity index (χ1) is 9.36. The minimum atomic E-state index is -0.645. The van der Waals surface area contributed by atoms with E-state index in [9.17, 15) is 14.0 Å². The molecule has 1 rings (SSSR count). The summed E-state index contributed by atoms with van der Waals surface area (Å²) in [6.07, 6.45) is 0. The molecule has 0 fully saturated rings. The highest BCUT2D eigenvalue weighted by molar-refractivity contribution is 6.19. The van der Waals surface area contributed by atoms with E-state index in [-0.39, 0.29) is 29.8 Å². The van der Waals surface area contributed by atoms with Crippen LogP contribution in [0.1, 0.15) is 24.2 Å². The molecule has 0 aliphatic heterocycles. The van der Waals surface area contributed by atoms with Gasteiger partial charge in [-0.25, -0.2) is 4.39 Å². The monoisotopic (exact) mass is 300 g/mol. The maximum absolute atomic E-state index is 12.9. The molecule has 1 aromatic rings. The highest BCUT2D eigenvalue weighted by atomic mass is 35.5. The van der Waals surface area contributed by atoms with Gasteiger partial charge in [0.1, 0.15) is 5.82 Å². The molecule has 0 aliphatic rings. The zero-order valence-electron chi connectivity index (χ0n) is 11.5. The van der Waals surface area contributed by atoms with Crippen molar-refractivity contribution < 1.29 is 14.0 Å². The van der Waals surface area contributed by atoms with Gasteiger partial charge in [-0.3, -0.25) is 9.59 Å². The molecule has 2 amide bonds. The molecule has 1 aromatic carbocycles. The summed E-state index contributed by atoms with van der Waals surface area (Å²) in [6, 6.07) is 5.42. The van der Waals surface area contributed by atoms with E-state index in [1.807, 2.05) is 0 Å². The van der Waals surface area contributed by atoms with Crippen molar-refractivity contribution in [2.75, 3.05) is 19.0 Å². The topological polar surface area (TPSA) is 58.2 Å². The number of carbonyl (C=O) groups excluding carboxylic acids is 2. The Balaban J connectivity index is 2.35. The Morgan fingerprint density at radius 3 is 2.50 bits per heavy atom. The van der Waals surface area contributed by atoms with E-state index in [0.29, 0.717) is 6.54 Å². The fraction of sp³-hybridized carbons (Fsp3) is 0.429. The lowest BCUT2D eigenvalue weighted by atomic mass is 9.95. The molecular weight excluding hydrogens is 283 g/mol. The summed E-state index contributed by atoms with van der Waals surface area (Å²) in [7, 11) is 0. The first-order valence-corrected chi connectivity index (χ1v) is 6.78. The molecule has 20 heavy (non-hydrogen) atoms. The van der Waals surface area contributed by atoms with Gasteiger partial charge in [0.2, 0.25) is 5.91 Å². The molecule has 0 aromatic heterocycles. The number of amides is 2. The average molecular weight is 301 g/mol. The normalized spacial score (nSPS) is 11.0. The van der Waals surface area contributed by atoms with Gasteiger partial charge in [-0.15, -0.1) is 11.6 Å². The van der Waals surface area contributed by atoms with Crippen LogP contribution in [0.15, 0.2) is 24.3 Å². The Hall–Kier alpha value is -1.62. The van der Waals surface area contributed by atoms with E-state index >= 15 is 0 Å². The van der Waals surface area contributed by atoms with Gasteiger partial charge < -0.3 is 10.6 Å². The van der Waals surface area contributed by atoms with Crippen LogP contribution >= 0.6 is 11.6 Å². The minimum Gasteiger partial charge on any atom is -0.354 e. The molecule has 0 unspecified atom stereocenters. The Morgan fingerprint density at radius 1 is 1.25 bits per heavy atom. The molecule has 0 bridgehead atoms. The van der Waals surface area contributed by atoms with Gasteiger partial charge in [0, 0.05) is 24.5 Å². The van der Waals surface area contributed by atoms with Crippen molar-refractivity contribution in [2.24, 2.45) is 5.41 Å². The van der Waals surface area contributed by atoms with E-state index in [2.05, 4.69) is 10.6 Å². The second-order valence-corrected chi connectivity index (χ2v) is 5.31. The van der Waals surface area contributed by atoms with Crippen LogP contribution in [0.4, 0.5) is 4.39 Å². The number of benzene rings is 1. The minimum absolute atomic E-state index is 0.174. The first-order valence-electron chi connectivity index (χ1n) is 6.25. The lowest BCUT2D eigenvalue weighted by Gasteiger charge is -2.20. The molecule has 0 atom stereocenters. The van der Waals surface area contributed by atoms with Crippen molar-refractivity contribution in [3.63, 3.8) is 0 Å². The smallest absolute Gasteiger partial charge is 0.251 e. The third-order valence-corrected chi connectivity index (χ3v) is 3.40. The second kappa shape index (κ2) is 7.24. The SMILES string of the molecule is CC(C)(CCl)C(=O)NCCNC(=O)c1cccc(F)c1. The van der Waals surface area contributed by atoms with E-state index in [1.165, 1.54) is 18.2 Å². The van der Waals surface area contributed by atoms with Crippen LogP contribution in [0.3, 0.4) is 0 Å². The van der Waals surface area contributed by atoms with Crippen LogP contribution in [0, 0.1) is 11.2 Å². The molecule has 6 heteroatoms. The molecule has 0 heterocycles. The molecule has 4 nitrogen and oxygen atoms in total. The van der Waals surface area contributed by atoms with Crippen LogP contribution in [-0.2, 0) is 4.79 Å². The molecule has 0 saturated heterocycles. The van der Waals surface area contributed by atoms with E-state index < -0.39 is 11.2 Å². The summed E-state index contributed by atoms with van der Waals surface area (Å²) in [5.41, 5.74) is -0.397. The zero-order chi connectivity index (χ0) is 15.2. The number of nitrogens with one attached hydrogen (secondary N) is 2. The summed E-state index contributed by atoms with van der Waals surface area (Å²) < 4.78 is 12.9. The molecule has 0 spiro atoms. The largest absolute Gasteiger partial charge is 0.354 e. The maximum atomic E-state index is 12.9. The van der Waals surface area contributed by atoms with Gasteiger partial charge in [0.25, 0.3) is 5.91 Å². The Bertz CT molecular complexity index is 492. The number of alkyl halides is 1. The molecule has 0 saturated carbocycles. The van der Waals surface area contributed by atoms with Gasteiger partial charge in [-0.2, -0.15) is 0 Å². The second-order valence-electron chi connectivity index (χ2n) is 5.04. The average Bonchev–Trinajstić information content (AvgIpc) is 2.42. The predicted molar refractivity (Wildman–Crippen MR) is 76.2 cm³/mol. The van der Waals surface area contributed by atoms with Crippen LogP contribution in [0.2, 0.25) is 0 Å². The Labute approximate surface area is 122 Å². The predicted octanol–water partition coefficient (Wildman–Crippen LogP) is 1.94. The number of rotatable bonds is 6. The van der Waals surface area contributed by atoms with E-state index in [0.717, 1.165) is 6.07 Å². The Morgan fingerprint density at radius 2 is 1.90 bits per heavy atom. The fourth-order valence-corrected chi connectivity index (χ4v) is 1.51. The molecule has 0 aliphatic carbocycles. The third kappa shape index (κ3) is 4.81. The highest BCUT2D eigenvalue weighted by Crippen LogP contribution is 2.16. The van der Waals surface area contributed by atoms with Crippen LogP contribution in [-0.4, -0.2) is 30.8 Å². The van der Waals surface area contributed by atoms with Crippen LogP contribution in [0.5, 0.6) is 0 Å². The van der Waals surface area contributed by atoms with Crippen molar-refractivity contribution in [1.29, 1.82) is 0 Å². The molecule has 0 radical (unpaired) electrons. The van der Waals surface area contributed by atoms with Crippen molar-refractivity contribution in [3.8, 4) is 0 Å². The fourth-order valence-electron chi connectivity index (χ4n) is 1.38. The van der Waals surface area contributed by atoms with E-state index in [4.69, 9.17) is 11.6 Å². The first kappa shape index (κ1) is 16.4. The zero-order valence-corrected chi connectivity index (χ0v) is 12.3. The van der Waals surface area contributed by atoms with E-state index in [1.54, 1.807) is 13.8 Å². The van der Waals surface area contributed by atoms with Crippen LogP contribution in [0.25, 0.3) is 0 Å².